The fraction of sp³-hybridized carbons (Fsp3) is 0.133. The van der Waals surface area contributed by atoms with Gasteiger partial charge in [-0.3, -0.25) is 14.4 Å². The Hall–Kier alpha value is -4.78. The topological polar surface area (TPSA) is 98.8 Å². The first-order valence-corrected chi connectivity index (χ1v) is 11.9. The minimum absolute atomic E-state index is 0.242. The summed E-state index contributed by atoms with van der Waals surface area (Å²) in [7, 11) is 0. The second kappa shape index (κ2) is 10.1. The van der Waals surface area contributed by atoms with Crippen LogP contribution in [-0.2, 0) is 14.3 Å². The highest BCUT2D eigenvalue weighted by Crippen LogP contribution is 2.38. The van der Waals surface area contributed by atoms with Crippen molar-refractivity contribution in [2.45, 2.75) is 13.0 Å². The number of fused-ring (bicyclic) bond motifs is 2. The minimum atomic E-state index is -1.56. The Morgan fingerprint density at radius 1 is 0.892 bits per heavy atom. The highest BCUT2D eigenvalue weighted by atomic mass is 16.5. The van der Waals surface area contributed by atoms with Crippen LogP contribution in [0.4, 0.5) is 5.69 Å². The number of anilines is 1. The van der Waals surface area contributed by atoms with E-state index in [1.165, 1.54) is 0 Å². The maximum Gasteiger partial charge on any atom is 0.339 e. The molecule has 0 aromatic heterocycles. The van der Waals surface area contributed by atoms with Crippen LogP contribution in [-0.4, -0.2) is 30.0 Å². The molecule has 4 aromatic carbocycles. The summed E-state index contributed by atoms with van der Waals surface area (Å²) in [5.74, 6) is -4.17. The molecule has 1 aliphatic rings. The number of amides is 1. The quantitative estimate of drug-likeness (QED) is 0.158. The molecule has 2 atom stereocenters. The molecule has 1 heterocycles. The van der Waals surface area contributed by atoms with E-state index >= 15 is 0 Å². The lowest BCUT2D eigenvalue weighted by atomic mass is 9.84. The van der Waals surface area contributed by atoms with Gasteiger partial charge in [0.25, 0.3) is 5.91 Å². The van der Waals surface area contributed by atoms with Crippen LogP contribution in [0.25, 0.3) is 10.8 Å². The molecule has 0 aliphatic carbocycles. The first-order chi connectivity index (χ1) is 18.0. The van der Waals surface area contributed by atoms with Crippen LogP contribution < -0.4 is 10.1 Å². The molecule has 37 heavy (non-hydrogen) atoms. The zero-order valence-electron chi connectivity index (χ0n) is 20.0. The van der Waals surface area contributed by atoms with Gasteiger partial charge in [-0.05, 0) is 54.1 Å². The number of carbonyl (C=O) groups is 4. The summed E-state index contributed by atoms with van der Waals surface area (Å²) in [5.41, 5.74) is 1.27. The van der Waals surface area contributed by atoms with Gasteiger partial charge in [0.05, 0.1) is 12.2 Å². The Morgan fingerprint density at radius 3 is 2.35 bits per heavy atom. The predicted molar refractivity (Wildman–Crippen MR) is 138 cm³/mol. The van der Waals surface area contributed by atoms with Crippen LogP contribution in [0.5, 0.6) is 5.75 Å². The van der Waals surface area contributed by atoms with E-state index in [1.807, 2.05) is 31.2 Å². The van der Waals surface area contributed by atoms with Crippen molar-refractivity contribution in [2.75, 3.05) is 11.9 Å². The van der Waals surface area contributed by atoms with Gasteiger partial charge in [0.2, 0.25) is 5.78 Å². The van der Waals surface area contributed by atoms with Crippen LogP contribution in [0.15, 0.2) is 91.0 Å². The Kier molecular flexibility index (Phi) is 6.51. The fourth-order valence-corrected chi connectivity index (χ4v) is 4.47. The lowest BCUT2D eigenvalue weighted by molar-refractivity contribution is -0.138. The summed E-state index contributed by atoms with van der Waals surface area (Å²) in [4.78, 5) is 53.0. The average molecular weight is 494 g/mol. The molecule has 4 aromatic rings. The number of rotatable bonds is 8. The number of cyclic esters (lactones) is 1. The van der Waals surface area contributed by atoms with Gasteiger partial charge in [-0.2, -0.15) is 0 Å². The third kappa shape index (κ3) is 4.71. The monoisotopic (exact) mass is 493 g/mol. The number of ketones is 2. The second-order valence-corrected chi connectivity index (χ2v) is 8.59. The number of benzene rings is 4. The second-order valence-electron chi connectivity index (χ2n) is 8.59. The number of esters is 1. The number of Topliss-reactive ketones (excluding diaryl/α,β-unsaturated/α-hetero) is 2. The number of hydrogen-bond donors (Lipinski definition) is 1. The number of hydrogen-bond acceptors (Lipinski definition) is 6. The Morgan fingerprint density at radius 2 is 1.59 bits per heavy atom. The highest BCUT2D eigenvalue weighted by Gasteiger charge is 2.46. The van der Waals surface area contributed by atoms with Crippen LogP contribution in [0.3, 0.4) is 0 Å². The molecule has 1 aliphatic heterocycles. The van der Waals surface area contributed by atoms with Gasteiger partial charge in [-0.1, -0.05) is 54.6 Å². The molecule has 0 unspecified atom stereocenters. The van der Waals surface area contributed by atoms with Gasteiger partial charge in [0, 0.05) is 16.8 Å². The largest absolute Gasteiger partial charge is 0.494 e. The Bertz CT molecular complexity index is 1520. The number of carbonyl (C=O) groups excluding carboxylic acids is 4. The normalized spacial score (nSPS) is 14.9. The van der Waals surface area contributed by atoms with Gasteiger partial charge >= 0.3 is 5.97 Å². The molecule has 7 nitrogen and oxygen atoms in total. The standard InChI is InChI=1S/C30H23NO6/c1-2-36-22-15-13-21(14-16-22)31-29(34)27(33)25(28-23-9-5-6-10-24(23)30(35)37-28)26(32)20-12-11-18-7-3-4-8-19(18)17-20/h3-17,25,28H,2H2,1H3,(H,31,34)/t25-,28+/m0/s1. The van der Waals surface area contributed by atoms with E-state index < -0.39 is 35.5 Å². The first-order valence-electron chi connectivity index (χ1n) is 11.9. The molecule has 5 rings (SSSR count). The van der Waals surface area contributed by atoms with Crippen molar-refractivity contribution >= 4 is 39.9 Å². The van der Waals surface area contributed by atoms with Crippen molar-refractivity contribution in [3.63, 3.8) is 0 Å². The van der Waals surface area contributed by atoms with Crippen LogP contribution in [0, 0.1) is 5.92 Å². The molecule has 0 radical (unpaired) electrons. The average Bonchev–Trinajstić information content (AvgIpc) is 3.25. The van der Waals surface area contributed by atoms with Crippen molar-refractivity contribution in [1.29, 1.82) is 0 Å². The molecule has 184 valence electrons. The fourth-order valence-electron chi connectivity index (χ4n) is 4.47. The molecule has 0 bridgehead atoms. The van der Waals surface area contributed by atoms with E-state index in [4.69, 9.17) is 9.47 Å². The molecule has 0 saturated carbocycles. The zero-order valence-corrected chi connectivity index (χ0v) is 20.0. The SMILES string of the molecule is CCOc1ccc(NC(=O)C(=O)[C@H](C(=O)c2ccc3ccccc3c2)[C@@H]2OC(=O)c3ccccc32)cc1. The zero-order chi connectivity index (χ0) is 25.9. The molecule has 0 saturated heterocycles. The van der Waals surface area contributed by atoms with Crippen LogP contribution in [0.1, 0.15) is 39.3 Å². The summed E-state index contributed by atoms with van der Waals surface area (Å²) in [6, 6.07) is 25.6. The van der Waals surface area contributed by atoms with Gasteiger partial charge in [0.1, 0.15) is 17.8 Å². The minimum Gasteiger partial charge on any atom is -0.494 e. The number of ether oxygens (including phenoxy) is 2. The molecule has 7 heteroatoms. The van der Waals surface area contributed by atoms with E-state index in [0.29, 0.717) is 23.6 Å². The third-order valence-corrected chi connectivity index (χ3v) is 6.27. The van der Waals surface area contributed by atoms with Crippen molar-refractivity contribution in [3.05, 3.63) is 108 Å². The summed E-state index contributed by atoms with van der Waals surface area (Å²) in [6.07, 6.45) is -1.22. The van der Waals surface area contributed by atoms with Gasteiger partial charge in [-0.15, -0.1) is 0 Å². The van der Waals surface area contributed by atoms with E-state index in [0.717, 1.165) is 10.8 Å². The van der Waals surface area contributed by atoms with Crippen molar-refractivity contribution in [3.8, 4) is 5.75 Å². The van der Waals surface area contributed by atoms with Crippen LogP contribution >= 0.6 is 0 Å². The third-order valence-electron chi connectivity index (χ3n) is 6.27. The van der Waals surface area contributed by atoms with Crippen molar-refractivity contribution in [1.82, 2.24) is 0 Å². The highest BCUT2D eigenvalue weighted by molar-refractivity contribution is 6.45. The molecular formula is C30H23NO6. The predicted octanol–water partition coefficient (Wildman–Crippen LogP) is 5.16. The summed E-state index contributed by atoms with van der Waals surface area (Å²) >= 11 is 0. The maximum absolute atomic E-state index is 13.8. The lowest BCUT2D eigenvalue weighted by Crippen LogP contribution is -2.38. The van der Waals surface area contributed by atoms with Gasteiger partial charge in [-0.25, -0.2) is 4.79 Å². The summed E-state index contributed by atoms with van der Waals surface area (Å²) in [6.45, 7) is 2.35. The summed E-state index contributed by atoms with van der Waals surface area (Å²) < 4.78 is 10.9. The number of nitrogens with one attached hydrogen (secondary N) is 1. The van der Waals surface area contributed by atoms with Crippen molar-refractivity contribution < 1.29 is 28.7 Å². The molecule has 1 N–H and O–H groups in total. The Balaban J connectivity index is 1.49. The lowest BCUT2D eigenvalue weighted by Gasteiger charge is -2.21. The van der Waals surface area contributed by atoms with E-state index in [9.17, 15) is 19.2 Å². The van der Waals surface area contributed by atoms with Crippen LogP contribution in [0.2, 0.25) is 0 Å². The molecule has 1 amide bonds. The van der Waals surface area contributed by atoms with Gasteiger partial charge in [0.15, 0.2) is 5.78 Å². The summed E-state index contributed by atoms with van der Waals surface area (Å²) in [5, 5.41) is 4.28. The Labute approximate surface area is 213 Å². The smallest absolute Gasteiger partial charge is 0.339 e. The van der Waals surface area contributed by atoms with E-state index in [2.05, 4.69) is 5.32 Å². The molecular weight excluding hydrogens is 470 g/mol. The van der Waals surface area contributed by atoms with E-state index in [1.54, 1.807) is 66.7 Å². The first kappa shape index (κ1) is 23.9. The van der Waals surface area contributed by atoms with Crippen molar-refractivity contribution in [2.24, 2.45) is 5.92 Å². The molecule has 0 fully saturated rings. The van der Waals surface area contributed by atoms with Gasteiger partial charge < -0.3 is 14.8 Å². The molecule has 0 spiro atoms. The maximum atomic E-state index is 13.8. The van der Waals surface area contributed by atoms with E-state index in [-0.39, 0.29) is 11.1 Å².